The number of ether oxygens (including phenoxy) is 3. The highest BCUT2D eigenvalue weighted by atomic mass is 16.6. The van der Waals surface area contributed by atoms with Gasteiger partial charge in [0.2, 0.25) is 0 Å². The smallest absolute Gasteiger partial charge is 0.416 e. The van der Waals surface area contributed by atoms with E-state index in [1.165, 1.54) is 117 Å². The molecule has 0 radical (unpaired) electrons. The Bertz CT molecular complexity index is 6290. The van der Waals surface area contributed by atoms with Gasteiger partial charge >= 0.3 is 24.2 Å². The molecule has 5 N–H and O–H groups in total. The van der Waals surface area contributed by atoms with Gasteiger partial charge in [-0.2, -0.15) is 0 Å². The van der Waals surface area contributed by atoms with Crippen molar-refractivity contribution in [2.24, 2.45) is 0 Å². The lowest BCUT2D eigenvalue weighted by molar-refractivity contribution is 0.0535. The van der Waals surface area contributed by atoms with E-state index in [9.17, 15) is 19.2 Å². The summed E-state index contributed by atoms with van der Waals surface area (Å²) >= 11 is 0. The van der Waals surface area contributed by atoms with Crippen LogP contribution in [0.15, 0.2) is 334 Å². The number of hydrogen-bond donors (Lipinski definition) is 5. The van der Waals surface area contributed by atoms with Crippen molar-refractivity contribution in [2.75, 3.05) is 125 Å². The van der Waals surface area contributed by atoms with Crippen LogP contribution in [0.4, 0.5) is 41.9 Å². The van der Waals surface area contributed by atoms with Crippen LogP contribution in [0.5, 0.6) is 5.75 Å². The molecule has 0 aromatic heterocycles. The molecule has 13 aromatic carbocycles. The molecule has 143 heavy (non-hydrogen) atoms. The van der Waals surface area contributed by atoms with Crippen LogP contribution in [0.25, 0.3) is 12.2 Å². The largest absolute Gasteiger partial charge is 0.449 e. The van der Waals surface area contributed by atoms with Gasteiger partial charge in [0.05, 0.1) is 26.4 Å². The van der Waals surface area contributed by atoms with Crippen LogP contribution < -0.4 is 50.9 Å². The Kier molecular flexibility index (Phi) is 32.3. The Labute approximate surface area is 844 Å². The molecule has 13 aromatic rings. The first kappa shape index (κ1) is 97.0. The Balaban J connectivity index is 0.000000121. The number of carbonyl (C=O) groups excluding carboxylic acids is 4. The highest BCUT2D eigenvalue weighted by molar-refractivity contribution is 5.79. The summed E-state index contributed by atoms with van der Waals surface area (Å²) in [6, 6.07) is 115. The highest BCUT2D eigenvalue weighted by Gasteiger charge is 2.41. The molecule has 1 fully saturated rings. The summed E-state index contributed by atoms with van der Waals surface area (Å²) in [5, 5.41) is 14.3. The van der Waals surface area contributed by atoms with E-state index in [1.54, 1.807) is 29.4 Å². The molecule has 9 heterocycles. The lowest BCUT2D eigenvalue weighted by Crippen LogP contribution is -2.46. The van der Waals surface area contributed by atoms with Crippen molar-refractivity contribution in [3.8, 4) is 17.6 Å². The van der Waals surface area contributed by atoms with Crippen molar-refractivity contribution < 1.29 is 33.4 Å². The summed E-state index contributed by atoms with van der Waals surface area (Å²) in [7, 11) is 0. The third-order valence-electron chi connectivity index (χ3n) is 29.8. The van der Waals surface area contributed by atoms with Crippen molar-refractivity contribution in [1.29, 1.82) is 0 Å². The van der Waals surface area contributed by atoms with Crippen molar-refractivity contribution >= 4 is 59.2 Å². The number of para-hydroxylation sites is 1. The second-order valence-corrected chi connectivity index (χ2v) is 38.8. The van der Waals surface area contributed by atoms with E-state index in [0.717, 1.165) is 153 Å². The van der Waals surface area contributed by atoms with Gasteiger partial charge < -0.3 is 54.7 Å². The zero-order valence-electron chi connectivity index (χ0n) is 82.4. The number of urea groups is 2. The van der Waals surface area contributed by atoms with Gasteiger partial charge in [-0.3, -0.25) is 10.6 Å². The van der Waals surface area contributed by atoms with Crippen molar-refractivity contribution in [3.63, 3.8) is 0 Å². The molecule has 1 saturated heterocycles. The molecule has 0 bridgehead atoms. The second-order valence-electron chi connectivity index (χ2n) is 38.8. The lowest BCUT2D eigenvalue weighted by atomic mass is 9.75. The molecule has 0 saturated carbocycles. The minimum absolute atomic E-state index is 0.0590. The number of nitrogens with one attached hydrogen (secondary N) is 5. The molecule has 728 valence electrons. The molecule has 0 aliphatic carbocycles. The zero-order chi connectivity index (χ0) is 97.4. The fourth-order valence-corrected chi connectivity index (χ4v) is 23.2. The van der Waals surface area contributed by atoms with E-state index in [1.807, 2.05) is 37.3 Å². The van der Waals surface area contributed by atoms with Crippen LogP contribution >= 0.6 is 0 Å². The van der Waals surface area contributed by atoms with Gasteiger partial charge in [0.15, 0.2) is 0 Å². The average Bonchev–Trinajstić information content (AvgIpc) is 0.753. The summed E-state index contributed by atoms with van der Waals surface area (Å²) < 4.78 is 15.8. The van der Waals surface area contributed by atoms with Gasteiger partial charge in [-0.05, 0) is 243 Å². The number of anilines is 4. The van der Waals surface area contributed by atoms with Crippen molar-refractivity contribution in [3.05, 3.63) is 445 Å². The topological polar surface area (TPSA) is 172 Å². The molecule has 17 nitrogen and oxygen atoms in total. The van der Waals surface area contributed by atoms with E-state index in [-0.39, 0.29) is 12.1 Å². The monoisotopic (exact) mass is 1900 g/mol. The van der Waals surface area contributed by atoms with Crippen molar-refractivity contribution in [1.82, 2.24) is 31.5 Å². The molecule has 0 spiro atoms. The number of aryl methyl sites for hydroxylation is 1. The standard InChI is InChI=1S/C33H30N2O2.C32H33N3O2.C31H37N3O.C30H32N2O2/c36-33(37-27-14-8-3-9-15-27)34-19-16-24-22-30-28(25-10-4-1-5-11-25)17-20-35-21-18-29(31(23-24)32(30)35)26-12-6-2-7-13-26;36-32(35-18-20-37-21-19-35)33-15-7-8-24-22-29-27(25-9-3-1-4-10-25)13-16-34-17-14-28(30(23-24)31(29)34)26-11-5-2-6-12-26;1-2-17-32-31(35)33-18-9-10-23-21-28-26(24-11-5-3-6-12-24)15-19-34-20-16-27(29(22-23)30(28)34)25-13-7-4-8-14-25;1-2-19-34-30(33)31-16-13-22-20-27-25(23-9-5-3-6-10-23)14-17-32-18-15-26(28(21-22)29(27)32)24-11-7-4-8-12-24/h1-16,19,22-23,28-29H,17-18,20-21H2,(H,34,36);1-6,9-12,22-23,27-28H,13-21H2,(H,33,36);3-8,11-14,21-22,26-27H,2,9-10,15-20H2,1H3,(H2,32,33,35);3-13,16,20-21,25-26H,2,14-15,17-19H2,1H3,(H,31,33)/b19-16+;;;16-13+. The van der Waals surface area contributed by atoms with Gasteiger partial charge in [-0.15, -0.1) is 0 Å². The van der Waals surface area contributed by atoms with Gasteiger partial charge in [0.1, 0.15) is 5.75 Å². The van der Waals surface area contributed by atoms with Crippen LogP contribution in [-0.2, 0) is 15.9 Å². The Morgan fingerprint density at radius 3 is 0.972 bits per heavy atom. The maximum Gasteiger partial charge on any atom is 0.416 e. The Hall–Kier alpha value is -14.9. The molecule has 8 unspecified atom stereocenters. The number of alkyl carbamates (subject to hydrolysis) is 1. The SMILES string of the molecule is CCCNC(=O)NCCCc1cc2c3c(c1)C(c1ccccc1)CCN3CCC2c1ccccc1.CCCOC(=O)N/C=C/c1cc2c3c(c1)C(c1ccccc1)CCN3CCC2c1ccccc1.O=C(N/C=C/c1cc2c3c(c1)C(c1ccccc1)CCN3CCC2c1ccccc1)Oc1ccccc1.O=C(NCC#Cc1cc2c3c(c1)C(c1ccccc1)CCN3CCC2c1ccccc1)N1CCOCC1. The number of amides is 6. The molecular formula is C126H132N10O7. The third kappa shape index (κ3) is 23.5. The fourth-order valence-electron chi connectivity index (χ4n) is 23.2. The molecule has 6 amide bonds. The molecule has 9 aliphatic heterocycles. The van der Waals surface area contributed by atoms with Gasteiger partial charge in [-0.25, -0.2) is 19.2 Å². The summed E-state index contributed by atoms with van der Waals surface area (Å²) in [5.74, 6) is 10.2. The van der Waals surface area contributed by atoms with Crippen LogP contribution in [-0.4, -0.2) is 134 Å². The minimum atomic E-state index is -0.503. The first-order chi connectivity index (χ1) is 70.5. The van der Waals surface area contributed by atoms with E-state index in [2.05, 4.69) is 356 Å². The summed E-state index contributed by atoms with van der Waals surface area (Å²) in [4.78, 5) is 60.7. The predicted octanol–water partition coefficient (Wildman–Crippen LogP) is 25.2. The van der Waals surface area contributed by atoms with Gasteiger partial charge in [0, 0.05) is 167 Å². The number of morpholine rings is 1. The van der Waals surface area contributed by atoms with Gasteiger partial charge in [0.25, 0.3) is 0 Å². The Morgan fingerprint density at radius 2 is 0.650 bits per heavy atom. The normalized spacial score (nSPS) is 19.1. The van der Waals surface area contributed by atoms with Crippen LogP contribution in [0.1, 0.15) is 243 Å². The van der Waals surface area contributed by atoms with Crippen LogP contribution in [0.3, 0.4) is 0 Å². The fraction of sp³-hybridized carbons (Fsp3) is 0.302. The van der Waals surface area contributed by atoms with E-state index >= 15 is 0 Å². The van der Waals surface area contributed by atoms with E-state index in [4.69, 9.17) is 14.2 Å². The number of benzene rings is 13. The van der Waals surface area contributed by atoms with Crippen LogP contribution in [0, 0.1) is 11.8 Å². The maximum atomic E-state index is 12.4. The Morgan fingerprint density at radius 1 is 0.350 bits per heavy atom. The maximum absolute atomic E-state index is 12.4. The zero-order valence-corrected chi connectivity index (χ0v) is 82.4. The molecular weight excluding hydrogens is 1770 g/mol. The highest BCUT2D eigenvalue weighted by Crippen LogP contribution is 2.55. The number of rotatable bonds is 22. The predicted molar refractivity (Wildman–Crippen MR) is 579 cm³/mol. The molecule has 17 heteroatoms. The van der Waals surface area contributed by atoms with Gasteiger partial charge in [-0.1, -0.05) is 299 Å². The second kappa shape index (κ2) is 47.6. The number of carbonyl (C=O) groups is 4. The summed E-state index contributed by atoms with van der Waals surface area (Å²) in [6.45, 7) is 17.4. The molecule has 9 aliphatic rings. The lowest BCUT2D eigenvalue weighted by Gasteiger charge is -2.43. The minimum Gasteiger partial charge on any atom is -0.449 e. The first-order valence-electron chi connectivity index (χ1n) is 52.0. The molecule has 8 atom stereocenters. The third-order valence-corrected chi connectivity index (χ3v) is 29.8. The first-order valence-corrected chi connectivity index (χ1v) is 52.0. The summed E-state index contributed by atoms with van der Waals surface area (Å²) in [6.07, 6.45) is 19.1. The van der Waals surface area contributed by atoms with Crippen molar-refractivity contribution in [2.45, 2.75) is 138 Å². The number of hydrogen-bond acceptors (Lipinski definition) is 11. The van der Waals surface area contributed by atoms with Crippen LogP contribution in [0.2, 0.25) is 0 Å². The van der Waals surface area contributed by atoms with E-state index < -0.39 is 12.2 Å². The van der Waals surface area contributed by atoms with E-state index in [0.29, 0.717) is 99.1 Å². The summed E-state index contributed by atoms with van der Waals surface area (Å²) in [5.41, 5.74) is 32.6. The molecule has 22 rings (SSSR count). The average molecular weight is 1900 g/mol. The quantitative estimate of drug-likeness (QED) is 0.0323. The number of nitrogens with zero attached hydrogens (tertiary/aromatic N) is 5.